The third kappa shape index (κ3) is 2.14. The lowest BCUT2D eigenvalue weighted by molar-refractivity contribution is 0.100. The predicted molar refractivity (Wildman–Crippen MR) is 76.3 cm³/mol. The molecule has 0 radical (unpaired) electrons. The Morgan fingerprint density at radius 3 is 2.95 bits per heavy atom. The van der Waals surface area contributed by atoms with Crippen molar-refractivity contribution in [1.29, 1.82) is 0 Å². The largest absolute Gasteiger partial charge is 0.370 e. The Morgan fingerprint density at radius 1 is 1.42 bits per heavy atom. The van der Waals surface area contributed by atoms with E-state index in [9.17, 15) is 4.79 Å². The molecule has 1 aliphatic rings. The van der Waals surface area contributed by atoms with Crippen LogP contribution >= 0.6 is 0 Å². The Kier molecular flexibility index (Phi) is 2.85. The fourth-order valence-electron chi connectivity index (χ4n) is 2.71. The Morgan fingerprint density at radius 2 is 2.26 bits per heavy atom. The van der Waals surface area contributed by atoms with Gasteiger partial charge in [-0.25, -0.2) is 0 Å². The molecule has 4 heteroatoms. The second-order valence-corrected chi connectivity index (χ2v) is 5.30. The van der Waals surface area contributed by atoms with Gasteiger partial charge in [-0.05, 0) is 24.5 Å². The van der Waals surface area contributed by atoms with Crippen LogP contribution in [0, 0.1) is 5.92 Å². The van der Waals surface area contributed by atoms with Crippen molar-refractivity contribution in [3.63, 3.8) is 0 Å². The van der Waals surface area contributed by atoms with E-state index in [1.54, 1.807) is 6.07 Å². The Balaban J connectivity index is 2.12. The maximum Gasteiger partial charge on any atom is 0.248 e. The van der Waals surface area contributed by atoms with Gasteiger partial charge in [0.15, 0.2) is 0 Å². The monoisotopic (exact) mass is 255 g/mol. The standard InChI is InChI=1S/C15H17N3O/c1-10-4-5-18(9-10)14-8-17-7-12-3-2-11(15(16)19)6-13(12)14/h2-3,6-8,10H,4-5,9H2,1H3,(H2,16,19). The van der Waals surface area contributed by atoms with E-state index >= 15 is 0 Å². The summed E-state index contributed by atoms with van der Waals surface area (Å²) in [7, 11) is 0. The highest BCUT2D eigenvalue weighted by Gasteiger charge is 2.20. The number of amides is 1. The van der Waals surface area contributed by atoms with Gasteiger partial charge in [0.05, 0.1) is 11.9 Å². The summed E-state index contributed by atoms with van der Waals surface area (Å²) in [5, 5.41) is 2.10. The van der Waals surface area contributed by atoms with Crippen LogP contribution in [0.25, 0.3) is 10.8 Å². The topological polar surface area (TPSA) is 59.2 Å². The number of hydrogen-bond donors (Lipinski definition) is 1. The first-order valence-corrected chi connectivity index (χ1v) is 6.57. The molecule has 0 saturated carbocycles. The van der Waals surface area contributed by atoms with Crippen molar-refractivity contribution >= 4 is 22.4 Å². The minimum atomic E-state index is -0.389. The van der Waals surface area contributed by atoms with Gasteiger partial charge in [-0.1, -0.05) is 13.0 Å². The first-order valence-electron chi connectivity index (χ1n) is 6.57. The molecule has 3 rings (SSSR count). The van der Waals surface area contributed by atoms with Gasteiger partial charge in [-0.15, -0.1) is 0 Å². The fraction of sp³-hybridized carbons (Fsp3) is 0.333. The molecule has 0 spiro atoms. The van der Waals surface area contributed by atoms with Gasteiger partial charge in [0.2, 0.25) is 5.91 Å². The molecule has 2 heterocycles. The average Bonchev–Trinajstić information content (AvgIpc) is 2.84. The highest BCUT2D eigenvalue weighted by atomic mass is 16.1. The number of carbonyl (C=O) groups is 1. The lowest BCUT2D eigenvalue weighted by atomic mass is 10.1. The zero-order valence-electron chi connectivity index (χ0n) is 11.0. The molecule has 0 bridgehead atoms. The van der Waals surface area contributed by atoms with Crippen LogP contribution in [0.15, 0.2) is 30.6 Å². The number of carbonyl (C=O) groups excluding carboxylic acids is 1. The van der Waals surface area contributed by atoms with Gasteiger partial charge in [-0.2, -0.15) is 0 Å². The molecule has 2 aromatic rings. The number of pyridine rings is 1. The third-order valence-corrected chi connectivity index (χ3v) is 3.79. The van der Waals surface area contributed by atoms with Crippen molar-refractivity contribution in [1.82, 2.24) is 4.98 Å². The lowest BCUT2D eigenvalue weighted by Crippen LogP contribution is -2.19. The molecule has 4 nitrogen and oxygen atoms in total. The van der Waals surface area contributed by atoms with E-state index in [0.29, 0.717) is 11.5 Å². The fourth-order valence-corrected chi connectivity index (χ4v) is 2.71. The first-order chi connectivity index (χ1) is 9.15. The zero-order valence-corrected chi connectivity index (χ0v) is 11.0. The summed E-state index contributed by atoms with van der Waals surface area (Å²) in [6, 6.07) is 5.53. The maximum atomic E-state index is 11.3. The van der Waals surface area contributed by atoms with Crippen molar-refractivity contribution in [3.8, 4) is 0 Å². The number of anilines is 1. The number of hydrogen-bond acceptors (Lipinski definition) is 3. The number of rotatable bonds is 2. The second-order valence-electron chi connectivity index (χ2n) is 5.30. The number of fused-ring (bicyclic) bond motifs is 1. The third-order valence-electron chi connectivity index (χ3n) is 3.79. The van der Waals surface area contributed by atoms with Gasteiger partial charge < -0.3 is 10.6 Å². The van der Waals surface area contributed by atoms with Crippen LogP contribution in [0.3, 0.4) is 0 Å². The molecule has 2 N–H and O–H groups in total. The number of primary amides is 1. The molecule has 1 atom stereocenters. The summed E-state index contributed by atoms with van der Waals surface area (Å²) >= 11 is 0. The van der Waals surface area contributed by atoms with E-state index in [2.05, 4.69) is 16.8 Å². The average molecular weight is 255 g/mol. The first kappa shape index (κ1) is 12.0. The van der Waals surface area contributed by atoms with Crippen molar-refractivity contribution in [2.45, 2.75) is 13.3 Å². The van der Waals surface area contributed by atoms with E-state index in [1.165, 1.54) is 6.42 Å². The minimum absolute atomic E-state index is 0.389. The molecular weight excluding hydrogens is 238 g/mol. The normalized spacial score (nSPS) is 19.0. The number of nitrogens with two attached hydrogens (primary N) is 1. The van der Waals surface area contributed by atoms with E-state index in [0.717, 1.165) is 29.5 Å². The highest BCUT2D eigenvalue weighted by molar-refractivity contribution is 6.01. The summed E-state index contributed by atoms with van der Waals surface area (Å²) in [6.07, 6.45) is 4.90. The molecule has 98 valence electrons. The molecule has 1 aliphatic heterocycles. The highest BCUT2D eigenvalue weighted by Crippen LogP contribution is 2.30. The Labute approximate surface area is 112 Å². The molecule has 19 heavy (non-hydrogen) atoms. The van der Waals surface area contributed by atoms with Crippen molar-refractivity contribution in [2.75, 3.05) is 18.0 Å². The van der Waals surface area contributed by atoms with E-state index in [1.807, 2.05) is 24.5 Å². The molecule has 1 unspecified atom stereocenters. The number of benzene rings is 1. The van der Waals surface area contributed by atoms with Crippen LogP contribution in [-0.4, -0.2) is 24.0 Å². The van der Waals surface area contributed by atoms with Crippen molar-refractivity contribution in [2.24, 2.45) is 11.7 Å². The second kappa shape index (κ2) is 4.53. The SMILES string of the molecule is CC1CCN(c2cncc3ccc(C(N)=O)cc23)C1. The molecular formula is C15H17N3O. The summed E-state index contributed by atoms with van der Waals surface area (Å²) in [6.45, 7) is 4.34. The molecule has 1 fully saturated rings. The number of nitrogens with zero attached hydrogens (tertiary/aromatic N) is 2. The van der Waals surface area contributed by atoms with Crippen LogP contribution in [0.5, 0.6) is 0 Å². The summed E-state index contributed by atoms with van der Waals surface area (Å²) < 4.78 is 0. The number of aromatic nitrogens is 1. The molecule has 1 saturated heterocycles. The summed E-state index contributed by atoms with van der Waals surface area (Å²) in [5.41, 5.74) is 7.01. The Hall–Kier alpha value is -2.10. The molecule has 1 amide bonds. The van der Waals surface area contributed by atoms with E-state index < -0.39 is 0 Å². The van der Waals surface area contributed by atoms with E-state index in [4.69, 9.17) is 5.73 Å². The molecule has 0 aliphatic carbocycles. The maximum absolute atomic E-state index is 11.3. The van der Waals surface area contributed by atoms with Gasteiger partial charge in [0.25, 0.3) is 0 Å². The quantitative estimate of drug-likeness (QED) is 0.894. The van der Waals surface area contributed by atoms with Gasteiger partial charge in [0.1, 0.15) is 0 Å². The van der Waals surface area contributed by atoms with Gasteiger partial charge >= 0.3 is 0 Å². The van der Waals surface area contributed by atoms with Crippen LogP contribution in [0.1, 0.15) is 23.7 Å². The predicted octanol–water partition coefficient (Wildman–Crippen LogP) is 2.18. The zero-order chi connectivity index (χ0) is 13.4. The minimum Gasteiger partial charge on any atom is -0.370 e. The molecule has 1 aromatic carbocycles. The van der Waals surface area contributed by atoms with Crippen LogP contribution < -0.4 is 10.6 Å². The van der Waals surface area contributed by atoms with Crippen LogP contribution in [-0.2, 0) is 0 Å². The van der Waals surface area contributed by atoms with Gasteiger partial charge in [-0.3, -0.25) is 9.78 Å². The summed E-state index contributed by atoms with van der Waals surface area (Å²) in [4.78, 5) is 18.0. The van der Waals surface area contributed by atoms with Gasteiger partial charge in [0, 0.05) is 35.6 Å². The van der Waals surface area contributed by atoms with Crippen molar-refractivity contribution < 1.29 is 4.79 Å². The van der Waals surface area contributed by atoms with Crippen molar-refractivity contribution in [3.05, 3.63) is 36.2 Å². The summed E-state index contributed by atoms with van der Waals surface area (Å²) in [5.74, 6) is 0.314. The van der Waals surface area contributed by atoms with Crippen LogP contribution in [0.4, 0.5) is 5.69 Å². The molecule has 1 aromatic heterocycles. The Bertz CT molecular complexity index is 638. The van der Waals surface area contributed by atoms with E-state index in [-0.39, 0.29) is 5.91 Å². The lowest BCUT2D eigenvalue weighted by Gasteiger charge is -2.20. The van der Waals surface area contributed by atoms with Crippen LogP contribution in [0.2, 0.25) is 0 Å². The smallest absolute Gasteiger partial charge is 0.248 e.